The molecule has 0 aliphatic carbocycles. The Balaban J connectivity index is 0.000000132. The molecule has 52 heavy (non-hydrogen) atoms. The van der Waals surface area contributed by atoms with Crippen molar-refractivity contribution in [2.45, 2.75) is 77.7 Å². The first-order valence-electron chi connectivity index (χ1n) is 16.4. The second-order valence-corrected chi connectivity index (χ2v) is 14.5. The van der Waals surface area contributed by atoms with Crippen molar-refractivity contribution in [3.63, 3.8) is 0 Å². The summed E-state index contributed by atoms with van der Waals surface area (Å²) in [6, 6.07) is 6.41. The maximum absolute atomic E-state index is 14.5. The largest absolute Gasteiger partial charge is 0.494 e. The van der Waals surface area contributed by atoms with E-state index in [1.54, 1.807) is 10.7 Å². The smallest absolute Gasteiger partial charge is 0.399 e. The second kappa shape index (κ2) is 13.8. The molecule has 0 amide bonds. The summed E-state index contributed by atoms with van der Waals surface area (Å²) < 4.78 is 70.5. The van der Waals surface area contributed by atoms with Gasteiger partial charge >= 0.3 is 7.12 Å². The molecule has 2 aromatic carbocycles. The predicted molar refractivity (Wildman–Crippen MR) is 190 cm³/mol. The number of aromatic nitrogens is 8. The van der Waals surface area contributed by atoms with E-state index in [0.29, 0.717) is 22.0 Å². The summed E-state index contributed by atoms with van der Waals surface area (Å²) in [6.45, 7) is 9.65. The van der Waals surface area contributed by atoms with Gasteiger partial charge in [0, 0.05) is 40.8 Å². The van der Waals surface area contributed by atoms with E-state index < -0.39 is 35.8 Å². The molecular formula is C34H30BCl3F4N8O2. The van der Waals surface area contributed by atoms with Gasteiger partial charge in [0.1, 0.15) is 16.7 Å². The Kier molecular flexibility index (Phi) is 9.70. The van der Waals surface area contributed by atoms with E-state index in [1.165, 1.54) is 12.1 Å². The Bertz CT molecular complexity index is 2340. The molecule has 1 fully saturated rings. The van der Waals surface area contributed by atoms with Gasteiger partial charge < -0.3 is 9.31 Å². The van der Waals surface area contributed by atoms with Crippen LogP contribution in [0.5, 0.6) is 0 Å². The Morgan fingerprint density at radius 2 is 1.19 bits per heavy atom. The van der Waals surface area contributed by atoms with E-state index in [1.807, 2.05) is 38.4 Å². The summed E-state index contributed by atoms with van der Waals surface area (Å²) in [5, 5.41) is 9.84. The molecule has 0 N–H and O–H groups in total. The molecule has 0 radical (unpaired) electrons. The second-order valence-electron chi connectivity index (χ2n) is 13.5. The molecule has 0 spiro atoms. The molecule has 0 bridgehead atoms. The molecule has 0 saturated carbocycles. The van der Waals surface area contributed by atoms with E-state index in [4.69, 9.17) is 44.1 Å². The number of nitrogens with zero attached hydrogens (tertiary/aromatic N) is 8. The van der Waals surface area contributed by atoms with Gasteiger partial charge in [0.2, 0.25) is 10.6 Å². The third-order valence-corrected chi connectivity index (χ3v) is 10.2. The minimum Gasteiger partial charge on any atom is -0.399 e. The monoisotopic (exact) mass is 774 g/mol. The van der Waals surface area contributed by atoms with Crippen LogP contribution in [0.1, 0.15) is 51.9 Å². The molecule has 7 heterocycles. The number of benzene rings is 2. The van der Waals surface area contributed by atoms with Gasteiger partial charge in [-0.2, -0.15) is 10.2 Å². The highest BCUT2D eigenvalue weighted by Crippen LogP contribution is 2.37. The molecule has 18 heteroatoms. The van der Waals surface area contributed by atoms with Crippen LogP contribution in [0.3, 0.4) is 0 Å². The van der Waals surface area contributed by atoms with Crippen molar-refractivity contribution >= 4 is 69.2 Å². The van der Waals surface area contributed by atoms with Crippen molar-refractivity contribution < 1.29 is 26.9 Å². The standard InChI is InChI=1S/C16H20BFN2O2.C14H9ClF2N4.C4HCl2FN2/c1-15(2)16(3,4)22-17(21-15)10-8-11-13-6-5-7-20(13)19-14(11)12(18)9-10;15-14-18-6-10(17)12(19-14)7-4-8-11-2-1-3-21(11)20-13(8)9(16)5-7;5-3-2(7)1-8-4(6)9-3/h8-9H,5-7H2,1-4H3;4-6H,1-3H2;1H. The quantitative estimate of drug-likeness (QED) is 0.0763. The van der Waals surface area contributed by atoms with Crippen molar-refractivity contribution in [2.75, 3.05) is 0 Å². The maximum atomic E-state index is 14.5. The van der Waals surface area contributed by atoms with E-state index >= 15 is 0 Å². The van der Waals surface area contributed by atoms with Gasteiger partial charge in [0.05, 0.1) is 23.6 Å². The van der Waals surface area contributed by atoms with Crippen LogP contribution < -0.4 is 5.46 Å². The van der Waals surface area contributed by atoms with E-state index in [2.05, 4.69) is 30.1 Å². The minimum atomic E-state index is -0.666. The molecule has 0 unspecified atom stereocenters. The van der Waals surface area contributed by atoms with Gasteiger partial charge in [-0.15, -0.1) is 0 Å². The number of aryl methyl sites for hydroxylation is 4. The van der Waals surface area contributed by atoms with Crippen molar-refractivity contribution in [1.82, 2.24) is 39.5 Å². The van der Waals surface area contributed by atoms with Gasteiger partial charge in [-0.05, 0) is 100 Å². The summed E-state index contributed by atoms with van der Waals surface area (Å²) in [4.78, 5) is 14.1. The molecule has 3 aliphatic rings. The van der Waals surface area contributed by atoms with Crippen LogP contribution >= 0.6 is 34.8 Å². The predicted octanol–water partition coefficient (Wildman–Crippen LogP) is 7.71. The fourth-order valence-corrected chi connectivity index (χ4v) is 6.76. The first-order valence-corrected chi connectivity index (χ1v) is 17.5. The zero-order valence-electron chi connectivity index (χ0n) is 28.3. The summed E-state index contributed by atoms with van der Waals surface area (Å²) in [5.74, 6) is -2.09. The summed E-state index contributed by atoms with van der Waals surface area (Å²) >= 11 is 16.1. The van der Waals surface area contributed by atoms with Crippen LogP contribution in [0.15, 0.2) is 36.7 Å². The van der Waals surface area contributed by atoms with Crippen molar-refractivity contribution in [3.8, 4) is 11.3 Å². The Morgan fingerprint density at radius 1 is 0.673 bits per heavy atom. The lowest BCUT2D eigenvalue weighted by Crippen LogP contribution is -2.41. The lowest BCUT2D eigenvalue weighted by Gasteiger charge is -2.32. The Hall–Kier alpha value is -3.89. The fourth-order valence-electron chi connectivity index (χ4n) is 6.32. The van der Waals surface area contributed by atoms with Gasteiger partial charge in [-0.3, -0.25) is 9.36 Å². The maximum Gasteiger partial charge on any atom is 0.494 e. The van der Waals surface area contributed by atoms with Gasteiger partial charge in [0.15, 0.2) is 28.4 Å². The topological polar surface area (TPSA) is 106 Å². The lowest BCUT2D eigenvalue weighted by atomic mass is 9.78. The average Bonchev–Trinajstić information content (AvgIpc) is 3.89. The zero-order valence-corrected chi connectivity index (χ0v) is 30.6. The number of fused-ring (bicyclic) bond motifs is 6. The van der Waals surface area contributed by atoms with Gasteiger partial charge in [-0.25, -0.2) is 37.5 Å². The Morgan fingerprint density at radius 3 is 1.75 bits per heavy atom. The normalized spacial score (nSPS) is 16.8. The van der Waals surface area contributed by atoms with E-state index in [0.717, 1.165) is 73.4 Å². The fraction of sp³-hybridized carbons (Fsp3) is 0.353. The average molecular weight is 776 g/mol. The molecule has 0 atom stereocenters. The van der Waals surface area contributed by atoms with Crippen LogP contribution in [0.4, 0.5) is 17.6 Å². The third-order valence-electron chi connectivity index (χ3n) is 9.59. The number of rotatable bonds is 2. The molecule has 1 saturated heterocycles. The molecule has 3 aliphatic heterocycles. The Labute approximate surface area is 310 Å². The highest BCUT2D eigenvalue weighted by Gasteiger charge is 2.52. The van der Waals surface area contributed by atoms with Crippen molar-refractivity contribution in [3.05, 3.63) is 87.0 Å². The van der Waals surface area contributed by atoms with E-state index in [9.17, 15) is 17.6 Å². The van der Waals surface area contributed by atoms with Crippen LogP contribution in [-0.4, -0.2) is 57.8 Å². The number of halogens is 7. The van der Waals surface area contributed by atoms with Crippen LogP contribution in [-0.2, 0) is 35.2 Å². The van der Waals surface area contributed by atoms with Gasteiger partial charge in [-0.1, -0.05) is 17.7 Å². The third kappa shape index (κ3) is 6.84. The van der Waals surface area contributed by atoms with Crippen LogP contribution in [0.2, 0.25) is 15.7 Å². The molecule has 9 rings (SSSR count). The zero-order chi connectivity index (χ0) is 37.1. The molecular weight excluding hydrogens is 746 g/mol. The first kappa shape index (κ1) is 36.5. The van der Waals surface area contributed by atoms with E-state index in [-0.39, 0.29) is 27.2 Å². The highest BCUT2D eigenvalue weighted by molar-refractivity contribution is 6.62. The molecule has 4 aromatic heterocycles. The SMILES string of the molecule is CC1(C)OB(c2cc(F)c3nn4c(c3c2)CCC4)OC1(C)C.Fc1cnc(Cl)nc1-c1cc(F)c2nn3c(c2c1)CCC3.Fc1cnc(Cl)nc1Cl. The summed E-state index contributed by atoms with van der Waals surface area (Å²) in [5.41, 5.74) is 3.07. The lowest BCUT2D eigenvalue weighted by molar-refractivity contribution is 0.00578. The number of hydrogen-bond acceptors (Lipinski definition) is 8. The molecule has 10 nitrogen and oxygen atoms in total. The highest BCUT2D eigenvalue weighted by atomic mass is 35.5. The summed E-state index contributed by atoms with van der Waals surface area (Å²) in [7, 11) is -0.541. The van der Waals surface area contributed by atoms with Crippen molar-refractivity contribution in [2.24, 2.45) is 0 Å². The van der Waals surface area contributed by atoms with Crippen molar-refractivity contribution in [1.29, 1.82) is 0 Å². The first-order chi connectivity index (χ1) is 24.6. The molecule has 270 valence electrons. The summed E-state index contributed by atoms with van der Waals surface area (Å²) in [6.07, 6.45) is 5.74. The van der Waals surface area contributed by atoms with Gasteiger partial charge in [0.25, 0.3) is 0 Å². The minimum absolute atomic E-state index is 0.00579. The van der Waals surface area contributed by atoms with Crippen LogP contribution in [0.25, 0.3) is 33.1 Å². The number of hydrogen-bond donors (Lipinski definition) is 0. The molecule has 6 aromatic rings. The van der Waals surface area contributed by atoms with Crippen LogP contribution in [0, 0.1) is 23.3 Å².